The first-order chi connectivity index (χ1) is 10.0. The van der Waals surface area contributed by atoms with Gasteiger partial charge in [-0.05, 0) is 18.1 Å². The Morgan fingerprint density at radius 2 is 1.71 bits per heavy atom. The highest BCUT2D eigenvalue weighted by atomic mass is 16.2. The van der Waals surface area contributed by atoms with E-state index in [4.69, 9.17) is 0 Å². The van der Waals surface area contributed by atoms with Crippen LogP contribution in [0.4, 0.5) is 0 Å². The highest BCUT2D eigenvalue weighted by Gasteiger charge is 2.32. The van der Waals surface area contributed by atoms with Gasteiger partial charge in [0.1, 0.15) is 6.54 Å². The van der Waals surface area contributed by atoms with Crippen LogP contribution in [0.25, 0.3) is 5.69 Å². The van der Waals surface area contributed by atoms with Gasteiger partial charge in [0.05, 0.1) is 11.7 Å². The molecule has 1 aliphatic rings. The summed E-state index contributed by atoms with van der Waals surface area (Å²) in [6, 6.07) is 8.52. The Morgan fingerprint density at radius 3 is 2.33 bits per heavy atom. The summed E-state index contributed by atoms with van der Waals surface area (Å²) in [5.41, 5.74) is -0.306. The van der Waals surface area contributed by atoms with Crippen molar-refractivity contribution in [1.29, 1.82) is 0 Å². The second kappa shape index (κ2) is 4.87. The van der Waals surface area contributed by atoms with Crippen LogP contribution in [0, 0.1) is 5.92 Å². The van der Waals surface area contributed by atoms with Gasteiger partial charge in [0, 0.05) is 6.42 Å². The Bertz CT molecular complexity index is 796. The molecule has 0 spiro atoms. The van der Waals surface area contributed by atoms with Crippen LogP contribution in [0.3, 0.4) is 0 Å². The maximum atomic E-state index is 12.7. The molecule has 110 valence electrons. The molecule has 1 aromatic heterocycles. The van der Waals surface area contributed by atoms with Crippen molar-refractivity contribution in [3.8, 4) is 5.69 Å². The van der Waals surface area contributed by atoms with E-state index in [1.54, 1.807) is 24.3 Å². The van der Waals surface area contributed by atoms with E-state index in [0.717, 1.165) is 4.57 Å². The fourth-order valence-corrected chi connectivity index (χ4v) is 2.83. The molecule has 6 nitrogen and oxygen atoms in total. The van der Waals surface area contributed by atoms with E-state index < -0.39 is 5.69 Å². The van der Waals surface area contributed by atoms with Gasteiger partial charge in [0.2, 0.25) is 0 Å². The number of Topliss-reactive ketones (excluding diaryl/α,β-unsaturated/α-hetero) is 1. The lowest BCUT2D eigenvalue weighted by Gasteiger charge is -2.27. The van der Waals surface area contributed by atoms with Gasteiger partial charge in [0.15, 0.2) is 5.78 Å². The molecule has 1 aliphatic heterocycles. The van der Waals surface area contributed by atoms with Crippen LogP contribution in [0.15, 0.2) is 39.9 Å². The van der Waals surface area contributed by atoms with E-state index >= 15 is 0 Å². The van der Waals surface area contributed by atoms with Crippen LogP contribution in [-0.2, 0) is 11.3 Å². The number of nitrogens with zero attached hydrogens (tertiary/aromatic N) is 3. The first-order valence-electron chi connectivity index (χ1n) is 7.02. The van der Waals surface area contributed by atoms with Crippen LogP contribution in [0.2, 0.25) is 0 Å². The van der Waals surface area contributed by atoms with Crippen LogP contribution in [0.1, 0.15) is 26.3 Å². The smallest absolute Gasteiger partial charge is 0.298 e. The SMILES string of the molecule is CC(C)[C@H]1CC(=O)Cn2c(=O)n(-c3ccccc3)c(=O)n21. The minimum atomic E-state index is -0.454. The summed E-state index contributed by atoms with van der Waals surface area (Å²) >= 11 is 0. The molecule has 0 fully saturated rings. The lowest BCUT2D eigenvalue weighted by atomic mass is 9.97. The predicted octanol–water partition coefficient (Wildman–Crippen LogP) is 0.971. The van der Waals surface area contributed by atoms with Crippen molar-refractivity contribution in [1.82, 2.24) is 13.9 Å². The van der Waals surface area contributed by atoms with E-state index in [-0.39, 0.29) is 30.0 Å². The quantitative estimate of drug-likeness (QED) is 0.826. The Kier molecular flexibility index (Phi) is 3.16. The molecule has 3 rings (SSSR count). The molecule has 0 aliphatic carbocycles. The molecule has 0 radical (unpaired) electrons. The van der Waals surface area contributed by atoms with Crippen molar-refractivity contribution in [2.75, 3.05) is 0 Å². The van der Waals surface area contributed by atoms with Gasteiger partial charge in [-0.2, -0.15) is 0 Å². The summed E-state index contributed by atoms with van der Waals surface area (Å²) in [6.07, 6.45) is 0.301. The Balaban J connectivity index is 2.29. The zero-order valence-electron chi connectivity index (χ0n) is 12.0. The van der Waals surface area contributed by atoms with E-state index in [1.807, 2.05) is 19.9 Å². The summed E-state index contributed by atoms with van der Waals surface area (Å²) in [6.45, 7) is 3.87. The number of para-hydroxylation sites is 1. The van der Waals surface area contributed by atoms with Gasteiger partial charge in [-0.15, -0.1) is 0 Å². The average molecular weight is 287 g/mol. The number of hydrogen-bond donors (Lipinski definition) is 0. The average Bonchev–Trinajstić information content (AvgIpc) is 2.70. The van der Waals surface area contributed by atoms with Crippen molar-refractivity contribution in [2.24, 2.45) is 5.92 Å². The summed E-state index contributed by atoms with van der Waals surface area (Å²) < 4.78 is 3.85. The number of carbonyl (C=O) groups is 1. The van der Waals surface area contributed by atoms with Crippen LogP contribution in [-0.4, -0.2) is 19.7 Å². The maximum Gasteiger partial charge on any atom is 0.352 e. The van der Waals surface area contributed by atoms with Crippen molar-refractivity contribution >= 4 is 5.78 Å². The van der Waals surface area contributed by atoms with Crippen LogP contribution < -0.4 is 11.4 Å². The number of ketones is 1. The third kappa shape index (κ3) is 2.07. The zero-order valence-corrected chi connectivity index (χ0v) is 12.0. The molecule has 1 aromatic carbocycles. The monoisotopic (exact) mass is 287 g/mol. The molecule has 21 heavy (non-hydrogen) atoms. The van der Waals surface area contributed by atoms with E-state index in [9.17, 15) is 14.4 Å². The lowest BCUT2D eigenvalue weighted by Crippen LogP contribution is -2.40. The van der Waals surface area contributed by atoms with Crippen molar-refractivity contribution < 1.29 is 4.79 Å². The van der Waals surface area contributed by atoms with Gasteiger partial charge >= 0.3 is 11.4 Å². The summed E-state index contributed by atoms with van der Waals surface area (Å²) in [4.78, 5) is 37.0. The van der Waals surface area contributed by atoms with Crippen molar-refractivity contribution in [3.05, 3.63) is 51.3 Å². The molecule has 2 heterocycles. The van der Waals surface area contributed by atoms with Gasteiger partial charge in [-0.25, -0.2) is 23.5 Å². The van der Waals surface area contributed by atoms with E-state index in [1.165, 1.54) is 9.36 Å². The van der Waals surface area contributed by atoms with E-state index in [2.05, 4.69) is 0 Å². The standard InChI is InChI=1S/C15H17N3O3/c1-10(2)13-8-12(19)9-16-14(20)17(15(21)18(13)16)11-6-4-3-5-7-11/h3-7,10,13H,8-9H2,1-2H3/t13-/m1/s1. The molecular formula is C15H17N3O3. The first-order valence-corrected chi connectivity index (χ1v) is 7.02. The minimum absolute atomic E-state index is 0.0130. The van der Waals surface area contributed by atoms with Crippen LogP contribution >= 0.6 is 0 Å². The Labute approximate surface area is 121 Å². The maximum absolute atomic E-state index is 12.7. The predicted molar refractivity (Wildman–Crippen MR) is 77.8 cm³/mol. The second-order valence-corrected chi connectivity index (χ2v) is 5.69. The highest BCUT2D eigenvalue weighted by Crippen LogP contribution is 2.23. The highest BCUT2D eigenvalue weighted by molar-refractivity contribution is 5.79. The molecule has 0 saturated carbocycles. The number of benzene rings is 1. The zero-order chi connectivity index (χ0) is 15.1. The second-order valence-electron chi connectivity index (χ2n) is 5.69. The van der Waals surface area contributed by atoms with Crippen LogP contribution in [0.5, 0.6) is 0 Å². The molecule has 2 aromatic rings. The van der Waals surface area contributed by atoms with E-state index in [0.29, 0.717) is 12.1 Å². The molecular weight excluding hydrogens is 270 g/mol. The number of aromatic nitrogens is 3. The molecule has 1 atom stereocenters. The summed E-state index contributed by atoms with van der Waals surface area (Å²) in [5.74, 6) is 0.0882. The van der Waals surface area contributed by atoms with Gasteiger partial charge in [0.25, 0.3) is 0 Å². The van der Waals surface area contributed by atoms with Gasteiger partial charge in [-0.1, -0.05) is 32.0 Å². The molecule has 6 heteroatoms. The summed E-state index contributed by atoms with van der Waals surface area (Å²) in [5, 5.41) is 0. The fourth-order valence-electron chi connectivity index (χ4n) is 2.83. The third-order valence-corrected chi connectivity index (χ3v) is 3.92. The molecule has 0 saturated heterocycles. The molecule has 0 amide bonds. The number of fused-ring (bicyclic) bond motifs is 1. The minimum Gasteiger partial charge on any atom is -0.298 e. The lowest BCUT2D eigenvalue weighted by molar-refractivity contribution is -0.123. The van der Waals surface area contributed by atoms with Gasteiger partial charge in [-0.3, -0.25) is 4.79 Å². The largest absolute Gasteiger partial charge is 0.352 e. The van der Waals surface area contributed by atoms with Crippen molar-refractivity contribution in [3.63, 3.8) is 0 Å². The number of rotatable bonds is 2. The van der Waals surface area contributed by atoms with Gasteiger partial charge < -0.3 is 0 Å². The normalized spacial score (nSPS) is 18.0. The number of hydrogen-bond acceptors (Lipinski definition) is 3. The Hall–Kier alpha value is -2.37. The molecule has 0 N–H and O–H groups in total. The molecule has 0 unspecified atom stereocenters. The first kappa shape index (κ1) is 13.6. The Morgan fingerprint density at radius 1 is 1.05 bits per heavy atom. The third-order valence-electron chi connectivity index (χ3n) is 3.92. The van der Waals surface area contributed by atoms with Crippen molar-refractivity contribution in [2.45, 2.75) is 32.9 Å². The fraction of sp³-hybridized carbons (Fsp3) is 0.400. The molecule has 0 bridgehead atoms. The topological polar surface area (TPSA) is 66.0 Å². The summed E-state index contributed by atoms with van der Waals surface area (Å²) in [7, 11) is 0. The number of carbonyl (C=O) groups excluding carboxylic acids is 1.